The molecule has 1 aliphatic rings. The van der Waals surface area contributed by atoms with Gasteiger partial charge in [0.25, 0.3) is 0 Å². The Bertz CT molecular complexity index is 1210. The quantitative estimate of drug-likeness (QED) is 0.274. The number of benzene rings is 2. The number of esters is 2. The molecule has 0 aliphatic carbocycles. The molecule has 0 spiro atoms. The minimum atomic E-state index is -4.55. The van der Waals surface area contributed by atoms with Crippen molar-refractivity contribution in [3.8, 4) is 0 Å². The molecule has 1 N–H and O–H groups in total. The van der Waals surface area contributed by atoms with Gasteiger partial charge in [0.1, 0.15) is 0 Å². The number of carbonyl (C=O) groups excluding carboxylic acids is 2. The van der Waals surface area contributed by atoms with Gasteiger partial charge in [0.15, 0.2) is 0 Å². The van der Waals surface area contributed by atoms with E-state index < -0.39 is 42.0 Å². The number of nitrogens with zero attached hydrogens (tertiary/aromatic N) is 3. The highest BCUT2D eigenvalue weighted by Crippen LogP contribution is 2.35. The van der Waals surface area contributed by atoms with Crippen molar-refractivity contribution < 1.29 is 42.1 Å². The Morgan fingerprint density at radius 1 is 0.952 bits per heavy atom. The molecule has 0 saturated carbocycles. The Hall–Kier alpha value is -3.80. The summed E-state index contributed by atoms with van der Waals surface area (Å²) < 4.78 is 51.4. The van der Waals surface area contributed by atoms with Crippen LogP contribution in [0.3, 0.4) is 0 Å². The molecule has 1 heterocycles. The van der Waals surface area contributed by atoms with Crippen LogP contribution in [0.1, 0.15) is 50.3 Å². The summed E-state index contributed by atoms with van der Waals surface area (Å²) >= 11 is 0. The molecule has 0 radical (unpaired) electrons. The van der Waals surface area contributed by atoms with Gasteiger partial charge >= 0.3 is 24.2 Å². The number of carbonyl (C=O) groups is 3. The van der Waals surface area contributed by atoms with Gasteiger partial charge in [-0.25, -0.2) is 4.79 Å². The first-order valence-corrected chi connectivity index (χ1v) is 13.8. The summed E-state index contributed by atoms with van der Waals surface area (Å²) in [5.41, 5.74) is 0.417. The monoisotopic (exact) mass is 593 g/mol. The van der Waals surface area contributed by atoms with Gasteiger partial charge in [-0.2, -0.15) is 13.2 Å². The number of carboxylic acid groups (broad SMARTS) is 1. The fraction of sp³-hybridized carbons (Fsp3) is 0.500. The van der Waals surface area contributed by atoms with Gasteiger partial charge in [-0.05, 0) is 50.5 Å². The van der Waals surface area contributed by atoms with E-state index in [1.807, 2.05) is 40.1 Å². The Balaban J connectivity index is 1.77. The second-order valence-electron chi connectivity index (χ2n) is 11.2. The Morgan fingerprint density at radius 2 is 1.62 bits per heavy atom. The molecule has 0 bridgehead atoms. The van der Waals surface area contributed by atoms with Crippen LogP contribution in [0.25, 0.3) is 0 Å². The van der Waals surface area contributed by atoms with Crippen LogP contribution in [-0.4, -0.2) is 72.5 Å². The molecule has 0 aromatic heterocycles. The number of alkyl halides is 3. The highest BCUT2D eigenvalue weighted by atomic mass is 19.4. The third-order valence-electron chi connectivity index (χ3n) is 6.84. The third-order valence-corrected chi connectivity index (χ3v) is 6.84. The second kappa shape index (κ2) is 14.4. The zero-order chi connectivity index (χ0) is 30.9. The molecular formula is C30H38F3N3O6. The Labute approximate surface area is 243 Å². The number of anilines is 1. The van der Waals surface area contributed by atoms with Crippen LogP contribution in [0, 0.1) is 5.41 Å². The maximum absolute atomic E-state index is 13.8. The average Bonchev–Trinajstić information content (AvgIpc) is 2.92. The molecule has 2 aromatic carbocycles. The number of halogens is 3. The average molecular weight is 594 g/mol. The van der Waals surface area contributed by atoms with E-state index in [2.05, 4.69) is 0 Å². The normalized spacial score (nSPS) is 14.4. The van der Waals surface area contributed by atoms with Gasteiger partial charge in [0.2, 0.25) is 6.79 Å². The van der Waals surface area contributed by atoms with E-state index in [0.29, 0.717) is 50.5 Å². The summed E-state index contributed by atoms with van der Waals surface area (Å²) in [5.74, 6) is -1.09. The molecule has 1 amide bonds. The summed E-state index contributed by atoms with van der Waals surface area (Å²) in [5, 5.41) is 9.24. The summed E-state index contributed by atoms with van der Waals surface area (Å²) in [6, 6.07) is 13.0. The standard InChI is InChI=1S/C30H38F3N3O6/c1-29(2,3)27(38)42-21-41-26(37)10-7-13-36(19-22-8-5-4-6-9-22)25-18-24(30(31,32)33)12-11-23(25)20-34-14-16-35(17-15-34)28(39)40/h4-6,8-9,11-12,18H,7,10,13-17,19-21H2,1-3H3,(H,39,40). The van der Waals surface area contributed by atoms with Crippen molar-refractivity contribution in [2.24, 2.45) is 5.41 Å². The summed E-state index contributed by atoms with van der Waals surface area (Å²) in [6.45, 7) is 6.96. The largest absolute Gasteiger partial charge is 0.465 e. The van der Waals surface area contributed by atoms with Crippen molar-refractivity contribution in [3.05, 3.63) is 65.2 Å². The molecule has 3 rings (SSSR count). The highest BCUT2D eigenvalue weighted by Gasteiger charge is 2.32. The molecule has 1 aliphatic heterocycles. The fourth-order valence-corrected chi connectivity index (χ4v) is 4.45. The van der Waals surface area contributed by atoms with Crippen LogP contribution in [0.5, 0.6) is 0 Å². The van der Waals surface area contributed by atoms with Crippen LogP contribution in [0.15, 0.2) is 48.5 Å². The second-order valence-corrected chi connectivity index (χ2v) is 11.2. The zero-order valence-corrected chi connectivity index (χ0v) is 24.2. The molecule has 0 atom stereocenters. The van der Waals surface area contributed by atoms with Gasteiger partial charge in [-0.15, -0.1) is 0 Å². The first-order chi connectivity index (χ1) is 19.7. The number of piperazine rings is 1. The van der Waals surface area contributed by atoms with Crippen molar-refractivity contribution in [3.63, 3.8) is 0 Å². The first kappa shape index (κ1) is 32.7. The van der Waals surface area contributed by atoms with Gasteiger partial charge in [-0.3, -0.25) is 14.5 Å². The van der Waals surface area contributed by atoms with Crippen molar-refractivity contribution >= 4 is 23.7 Å². The smallest absolute Gasteiger partial charge is 0.416 e. The van der Waals surface area contributed by atoms with E-state index in [0.717, 1.165) is 17.7 Å². The minimum Gasteiger partial charge on any atom is -0.465 e. The van der Waals surface area contributed by atoms with Gasteiger partial charge < -0.3 is 24.4 Å². The minimum absolute atomic E-state index is 0.0240. The van der Waals surface area contributed by atoms with Crippen LogP contribution in [0.4, 0.5) is 23.7 Å². The fourth-order valence-electron chi connectivity index (χ4n) is 4.45. The Kier molecular flexibility index (Phi) is 11.2. The van der Waals surface area contributed by atoms with Gasteiger partial charge in [0, 0.05) is 57.9 Å². The van der Waals surface area contributed by atoms with E-state index in [-0.39, 0.29) is 19.4 Å². The van der Waals surface area contributed by atoms with E-state index >= 15 is 0 Å². The third kappa shape index (κ3) is 9.93. The van der Waals surface area contributed by atoms with E-state index in [9.17, 15) is 32.7 Å². The summed E-state index contributed by atoms with van der Waals surface area (Å²) in [6.07, 6.45) is -5.28. The Morgan fingerprint density at radius 3 is 2.21 bits per heavy atom. The lowest BCUT2D eigenvalue weighted by Gasteiger charge is -2.35. The molecule has 230 valence electrons. The predicted octanol–water partition coefficient (Wildman–Crippen LogP) is 5.38. The summed E-state index contributed by atoms with van der Waals surface area (Å²) in [4.78, 5) is 40.6. The van der Waals surface area contributed by atoms with E-state index in [1.165, 1.54) is 11.0 Å². The number of ether oxygens (including phenoxy) is 2. The molecule has 1 saturated heterocycles. The van der Waals surface area contributed by atoms with Crippen LogP contribution in [0.2, 0.25) is 0 Å². The lowest BCUT2D eigenvalue weighted by atomic mass is 9.98. The van der Waals surface area contributed by atoms with Crippen LogP contribution in [-0.2, 0) is 38.3 Å². The van der Waals surface area contributed by atoms with Gasteiger partial charge in [0.05, 0.1) is 11.0 Å². The van der Waals surface area contributed by atoms with Crippen molar-refractivity contribution in [1.29, 1.82) is 0 Å². The number of amides is 1. The summed E-state index contributed by atoms with van der Waals surface area (Å²) in [7, 11) is 0. The van der Waals surface area contributed by atoms with Crippen molar-refractivity contribution in [2.45, 2.75) is 52.9 Å². The zero-order valence-electron chi connectivity index (χ0n) is 24.2. The van der Waals surface area contributed by atoms with Crippen LogP contribution < -0.4 is 4.90 Å². The SMILES string of the molecule is CC(C)(C)C(=O)OCOC(=O)CCCN(Cc1ccccc1)c1cc(C(F)(F)F)ccc1CN1CCN(C(=O)O)CC1. The number of hydrogen-bond donors (Lipinski definition) is 1. The lowest BCUT2D eigenvalue weighted by molar-refractivity contribution is -0.173. The van der Waals surface area contributed by atoms with Crippen molar-refractivity contribution in [2.75, 3.05) is 44.4 Å². The number of rotatable bonds is 11. The molecule has 2 aromatic rings. The lowest BCUT2D eigenvalue weighted by Crippen LogP contribution is -2.47. The molecule has 1 fully saturated rings. The topological polar surface area (TPSA) is 99.6 Å². The van der Waals surface area contributed by atoms with E-state index in [4.69, 9.17) is 9.47 Å². The van der Waals surface area contributed by atoms with E-state index in [1.54, 1.807) is 20.8 Å². The highest BCUT2D eigenvalue weighted by molar-refractivity contribution is 5.75. The molecule has 9 nitrogen and oxygen atoms in total. The molecule has 0 unspecified atom stereocenters. The van der Waals surface area contributed by atoms with Gasteiger partial charge in [-0.1, -0.05) is 36.4 Å². The first-order valence-electron chi connectivity index (χ1n) is 13.8. The van der Waals surface area contributed by atoms with Crippen LogP contribution >= 0.6 is 0 Å². The number of hydrogen-bond acceptors (Lipinski definition) is 7. The molecular weight excluding hydrogens is 555 g/mol. The maximum Gasteiger partial charge on any atom is 0.416 e. The molecule has 42 heavy (non-hydrogen) atoms. The predicted molar refractivity (Wildman–Crippen MR) is 150 cm³/mol. The maximum atomic E-state index is 13.8. The van der Waals surface area contributed by atoms with Crippen molar-refractivity contribution in [1.82, 2.24) is 9.80 Å². The molecule has 12 heteroatoms.